The summed E-state index contributed by atoms with van der Waals surface area (Å²) in [6, 6.07) is 1.75. The van der Waals surface area contributed by atoms with Crippen LogP contribution in [0, 0.1) is 0 Å². The van der Waals surface area contributed by atoms with Gasteiger partial charge < -0.3 is 15.7 Å². The van der Waals surface area contributed by atoms with Gasteiger partial charge in [0.05, 0.1) is 17.9 Å². The number of nitrogens with zero attached hydrogens (tertiary/aromatic N) is 3. The van der Waals surface area contributed by atoms with Crippen LogP contribution in [-0.4, -0.2) is 39.5 Å². The van der Waals surface area contributed by atoms with Crippen molar-refractivity contribution in [1.29, 1.82) is 0 Å². The third-order valence-corrected chi connectivity index (χ3v) is 2.65. The number of nitrogens with two attached hydrogens (primary N) is 1. The molecule has 1 aliphatic heterocycles. The molecule has 6 heteroatoms. The Morgan fingerprint density at radius 3 is 3.07 bits per heavy atom. The first-order chi connectivity index (χ1) is 7.18. The summed E-state index contributed by atoms with van der Waals surface area (Å²) in [6.07, 6.45) is 2.00. The van der Waals surface area contributed by atoms with E-state index in [0.29, 0.717) is 22.9 Å². The van der Waals surface area contributed by atoms with Gasteiger partial charge in [-0.2, -0.15) is 5.10 Å². The van der Waals surface area contributed by atoms with E-state index in [1.54, 1.807) is 12.3 Å². The van der Waals surface area contributed by atoms with E-state index in [1.807, 2.05) is 4.90 Å². The number of rotatable bonds is 2. The first-order valence-electron chi connectivity index (χ1n) is 4.73. The Balaban J connectivity index is 2.31. The van der Waals surface area contributed by atoms with Crippen LogP contribution in [-0.2, 0) is 0 Å². The average molecular weight is 224 g/mol. The Kier molecular flexibility index (Phi) is 2.79. The standard InChI is InChI=1S/C9H12N4OS/c10-8(15)7-1-3-11-12-9(7)13-4-2-6(14)5-13/h1,3,6,14H,2,4-5H2,(H2,10,15). The van der Waals surface area contributed by atoms with E-state index in [9.17, 15) is 5.11 Å². The van der Waals surface area contributed by atoms with Crippen LogP contribution in [0.1, 0.15) is 12.0 Å². The first kappa shape index (κ1) is 10.3. The van der Waals surface area contributed by atoms with Gasteiger partial charge in [0.1, 0.15) is 4.99 Å². The minimum Gasteiger partial charge on any atom is -0.391 e. The molecule has 1 aromatic rings. The van der Waals surface area contributed by atoms with Crippen molar-refractivity contribution in [2.75, 3.05) is 18.0 Å². The minimum absolute atomic E-state index is 0.300. The molecular formula is C9H12N4OS. The molecule has 0 spiro atoms. The lowest BCUT2D eigenvalue weighted by atomic mass is 10.2. The Hall–Kier alpha value is -1.27. The number of hydrogen-bond donors (Lipinski definition) is 2. The fourth-order valence-corrected chi connectivity index (χ4v) is 1.84. The highest BCUT2D eigenvalue weighted by Crippen LogP contribution is 2.21. The quantitative estimate of drug-likeness (QED) is 0.671. The van der Waals surface area contributed by atoms with Crippen LogP contribution in [0.5, 0.6) is 0 Å². The molecule has 2 heterocycles. The zero-order chi connectivity index (χ0) is 10.8. The zero-order valence-corrected chi connectivity index (χ0v) is 8.94. The summed E-state index contributed by atoms with van der Waals surface area (Å²) in [5.41, 5.74) is 6.31. The van der Waals surface area contributed by atoms with E-state index in [-0.39, 0.29) is 6.10 Å². The summed E-state index contributed by atoms with van der Waals surface area (Å²) in [5.74, 6) is 0.668. The predicted octanol–water partition coefficient (Wildman–Crippen LogP) is -0.318. The molecule has 0 saturated carbocycles. The summed E-state index contributed by atoms with van der Waals surface area (Å²) in [4.78, 5) is 2.26. The normalized spacial score (nSPS) is 20.6. The molecule has 0 aromatic carbocycles. The lowest BCUT2D eigenvalue weighted by Crippen LogP contribution is -2.26. The summed E-state index contributed by atoms with van der Waals surface area (Å²) < 4.78 is 0. The van der Waals surface area contributed by atoms with Crippen LogP contribution in [0.3, 0.4) is 0 Å². The van der Waals surface area contributed by atoms with Gasteiger partial charge in [0.2, 0.25) is 0 Å². The van der Waals surface area contributed by atoms with E-state index < -0.39 is 0 Å². The van der Waals surface area contributed by atoms with Gasteiger partial charge in [0.15, 0.2) is 5.82 Å². The van der Waals surface area contributed by atoms with E-state index in [4.69, 9.17) is 18.0 Å². The lowest BCUT2D eigenvalue weighted by molar-refractivity contribution is 0.198. The SMILES string of the molecule is NC(=S)c1ccnnc1N1CCC(O)C1. The number of aromatic nitrogens is 2. The van der Waals surface area contributed by atoms with Crippen molar-refractivity contribution in [3.8, 4) is 0 Å². The fraction of sp³-hybridized carbons (Fsp3) is 0.444. The van der Waals surface area contributed by atoms with Crippen molar-refractivity contribution in [2.45, 2.75) is 12.5 Å². The van der Waals surface area contributed by atoms with E-state index in [1.165, 1.54) is 0 Å². The second kappa shape index (κ2) is 4.08. The zero-order valence-electron chi connectivity index (χ0n) is 8.13. The van der Waals surface area contributed by atoms with Crippen molar-refractivity contribution in [1.82, 2.24) is 10.2 Å². The maximum atomic E-state index is 9.44. The number of aliphatic hydroxyl groups excluding tert-OH is 1. The third-order valence-electron chi connectivity index (χ3n) is 2.43. The Labute approximate surface area is 92.9 Å². The van der Waals surface area contributed by atoms with Gasteiger partial charge in [-0.3, -0.25) is 0 Å². The second-order valence-electron chi connectivity index (χ2n) is 3.52. The monoisotopic (exact) mass is 224 g/mol. The van der Waals surface area contributed by atoms with E-state index in [0.717, 1.165) is 13.0 Å². The van der Waals surface area contributed by atoms with Gasteiger partial charge in [-0.15, -0.1) is 5.10 Å². The van der Waals surface area contributed by atoms with Gasteiger partial charge in [-0.25, -0.2) is 0 Å². The maximum Gasteiger partial charge on any atom is 0.161 e. The summed E-state index contributed by atoms with van der Waals surface area (Å²) in [7, 11) is 0. The highest BCUT2D eigenvalue weighted by Gasteiger charge is 2.24. The van der Waals surface area contributed by atoms with Gasteiger partial charge in [-0.1, -0.05) is 12.2 Å². The number of β-amino-alcohol motifs (C(OH)–C–C–N with tert-alkyl or cyclic N) is 1. The Morgan fingerprint density at radius 1 is 1.67 bits per heavy atom. The van der Waals surface area contributed by atoms with Gasteiger partial charge in [0, 0.05) is 13.1 Å². The van der Waals surface area contributed by atoms with E-state index >= 15 is 0 Å². The highest BCUT2D eigenvalue weighted by atomic mass is 32.1. The summed E-state index contributed by atoms with van der Waals surface area (Å²) in [6.45, 7) is 1.32. The minimum atomic E-state index is -0.300. The maximum absolute atomic E-state index is 9.44. The van der Waals surface area contributed by atoms with E-state index in [2.05, 4.69) is 10.2 Å². The van der Waals surface area contributed by atoms with Gasteiger partial charge in [0.25, 0.3) is 0 Å². The van der Waals surface area contributed by atoms with Gasteiger partial charge >= 0.3 is 0 Å². The third kappa shape index (κ3) is 2.05. The van der Waals surface area contributed by atoms with Gasteiger partial charge in [-0.05, 0) is 12.5 Å². The fourth-order valence-electron chi connectivity index (χ4n) is 1.68. The second-order valence-corrected chi connectivity index (χ2v) is 3.96. The Morgan fingerprint density at radius 2 is 2.47 bits per heavy atom. The molecule has 0 aliphatic carbocycles. The van der Waals surface area contributed by atoms with Crippen LogP contribution >= 0.6 is 12.2 Å². The van der Waals surface area contributed by atoms with Crippen molar-refractivity contribution in [3.05, 3.63) is 17.8 Å². The molecule has 80 valence electrons. The van der Waals surface area contributed by atoms with Crippen molar-refractivity contribution in [2.24, 2.45) is 5.73 Å². The molecule has 1 unspecified atom stereocenters. The molecule has 3 N–H and O–H groups in total. The number of hydrogen-bond acceptors (Lipinski definition) is 5. The number of anilines is 1. The molecule has 0 amide bonds. The smallest absolute Gasteiger partial charge is 0.161 e. The predicted molar refractivity (Wildman–Crippen MR) is 60.8 cm³/mol. The molecule has 1 fully saturated rings. The molecule has 1 aromatic heterocycles. The van der Waals surface area contributed by atoms with Crippen molar-refractivity contribution < 1.29 is 5.11 Å². The molecular weight excluding hydrogens is 212 g/mol. The molecule has 0 bridgehead atoms. The molecule has 1 aliphatic rings. The van der Waals surface area contributed by atoms with Crippen LogP contribution in [0.4, 0.5) is 5.82 Å². The molecule has 2 rings (SSSR count). The molecule has 15 heavy (non-hydrogen) atoms. The summed E-state index contributed by atoms with van der Waals surface area (Å²) in [5, 5.41) is 17.3. The largest absolute Gasteiger partial charge is 0.391 e. The topological polar surface area (TPSA) is 75.3 Å². The van der Waals surface area contributed by atoms with Crippen molar-refractivity contribution >= 4 is 23.0 Å². The van der Waals surface area contributed by atoms with Crippen molar-refractivity contribution in [3.63, 3.8) is 0 Å². The van der Waals surface area contributed by atoms with Crippen LogP contribution < -0.4 is 10.6 Å². The van der Waals surface area contributed by atoms with Crippen LogP contribution in [0.25, 0.3) is 0 Å². The average Bonchev–Trinajstić information content (AvgIpc) is 2.65. The lowest BCUT2D eigenvalue weighted by Gasteiger charge is -2.18. The molecule has 1 saturated heterocycles. The van der Waals surface area contributed by atoms with Crippen LogP contribution in [0.15, 0.2) is 12.3 Å². The van der Waals surface area contributed by atoms with Crippen LogP contribution in [0.2, 0.25) is 0 Å². The highest BCUT2D eigenvalue weighted by molar-refractivity contribution is 7.80. The summed E-state index contributed by atoms with van der Waals surface area (Å²) >= 11 is 4.94. The molecule has 0 radical (unpaired) electrons. The molecule has 5 nitrogen and oxygen atoms in total. The Bertz CT molecular complexity index is 384. The number of thiocarbonyl (C=S) groups is 1. The first-order valence-corrected chi connectivity index (χ1v) is 5.14. The molecule has 1 atom stereocenters. The number of aliphatic hydroxyl groups is 1.